The molecule has 1 aliphatic heterocycles. The highest BCUT2D eigenvalue weighted by molar-refractivity contribution is 6.21. The van der Waals surface area contributed by atoms with Crippen LogP contribution in [0.25, 0.3) is 5.65 Å². The number of benzene rings is 1. The number of hydrogen-bond acceptors (Lipinski definition) is 6. The zero-order valence-electron chi connectivity index (χ0n) is 15.0. The van der Waals surface area contributed by atoms with Gasteiger partial charge >= 0.3 is 5.97 Å². The van der Waals surface area contributed by atoms with Gasteiger partial charge in [-0.2, -0.15) is 0 Å². The van der Waals surface area contributed by atoms with Crippen molar-refractivity contribution in [1.82, 2.24) is 19.7 Å². The minimum absolute atomic E-state index is 0.171. The van der Waals surface area contributed by atoms with Crippen LogP contribution in [0.3, 0.4) is 0 Å². The molecule has 1 aliphatic rings. The lowest BCUT2D eigenvalue weighted by atomic mass is 9.96. The van der Waals surface area contributed by atoms with Crippen molar-refractivity contribution in [1.29, 1.82) is 0 Å². The summed E-state index contributed by atoms with van der Waals surface area (Å²) in [6.07, 6.45) is 1.54. The van der Waals surface area contributed by atoms with Crippen LogP contribution >= 0.6 is 0 Å². The number of hydroxylamine groups is 2. The minimum Gasteiger partial charge on any atom is -0.324 e. The van der Waals surface area contributed by atoms with Crippen molar-refractivity contribution >= 4 is 23.4 Å². The standard InChI is InChI=1S/C19H16N4O4/c1-19(2,3)18-21-20-14-9-8-11(10-22(14)18)17(26)27-23-15(24)12-6-4-5-7-13(12)16(23)25/h4-10H,1-3H3. The highest BCUT2D eigenvalue weighted by Gasteiger charge is 2.38. The quantitative estimate of drug-likeness (QED) is 0.648. The molecule has 3 aromatic rings. The summed E-state index contributed by atoms with van der Waals surface area (Å²) in [6.45, 7) is 5.94. The van der Waals surface area contributed by atoms with E-state index >= 15 is 0 Å². The van der Waals surface area contributed by atoms with E-state index in [2.05, 4.69) is 10.2 Å². The number of aromatic nitrogens is 3. The van der Waals surface area contributed by atoms with E-state index in [4.69, 9.17) is 4.84 Å². The number of fused-ring (bicyclic) bond motifs is 2. The molecule has 27 heavy (non-hydrogen) atoms. The molecule has 0 spiro atoms. The molecule has 8 heteroatoms. The third-order valence-corrected chi connectivity index (χ3v) is 4.24. The smallest absolute Gasteiger partial charge is 0.324 e. The van der Waals surface area contributed by atoms with Gasteiger partial charge in [0.05, 0.1) is 16.7 Å². The third-order valence-electron chi connectivity index (χ3n) is 4.24. The molecule has 4 rings (SSSR count). The SMILES string of the molecule is CC(C)(C)c1nnc2ccc(C(=O)ON3C(=O)c4ccccc4C3=O)cn12. The van der Waals surface area contributed by atoms with E-state index in [0.717, 1.165) is 0 Å². The number of rotatable bonds is 2. The number of hydrogen-bond donors (Lipinski definition) is 0. The number of carbonyl (C=O) groups is 3. The average molecular weight is 364 g/mol. The normalized spacial score (nSPS) is 14.0. The molecule has 3 heterocycles. The van der Waals surface area contributed by atoms with Crippen molar-refractivity contribution in [3.63, 3.8) is 0 Å². The van der Waals surface area contributed by atoms with Crippen LogP contribution in [0, 0.1) is 0 Å². The Morgan fingerprint density at radius 3 is 2.19 bits per heavy atom. The van der Waals surface area contributed by atoms with Crippen LogP contribution in [0.2, 0.25) is 0 Å². The van der Waals surface area contributed by atoms with Crippen molar-refractivity contribution in [2.45, 2.75) is 26.2 Å². The van der Waals surface area contributed by atoms with Gasteiger partial charge in [0, 0.05) is 11.6 Å². The third kappa shape index (κ3) is 2.66. The van der Waals surface area contributed by atoms with Gasteiger partial charge in [-0.15, -0.1) is 10.2 Å². The summed E-state index contributed by atoms with van der Waals surface area (Å²) in [5, 5.41) is 8.74. The molecule has 0 unspecified atom stereocenters. The van der Waals surface area contributed by atoms with E-state index < -0.39 is 17.8 Å². The lowest BCUT2D eigenvalue weighted by molar-refractivity contribution is -0.0584. The average Bonchev–Trinajstić information content (AvgIpc) is 3.17. The molecular weight excluding hydrogens is 348 g/mol. The molecule has 0 radical (unpaired) electrons. The lowest BCUT2D eigenvalue weighted by Gasteiger charge is -2.16. The van der Waals surface area contributed by atoms with Gasteiger partial charge in [0.1, 0.15) is 5.82 Å². The van der Waals surface area contributed by atoms with Crippen LogP contribution in [0.5, 0.6) is 0 Å². The second-order valence-electron chi connectivity index (χ2n) is 7.25. The molecule has 0 fully saturated rings. The Balaban J connectivity index is 1.65. The first kappa shape index (κ1) is 16.9. The van der Waals surface area contributed by atoms with Crippen molar-refractivity contribution in [2.24, 2.45) is 0 Å². The Morgan fingerprint density at radius 1 is 0.963 bits per heavy atom. The summed E-state index contributed by atoms with van der Waals surface area (Å²) in [5.74, 6) is -1.47. The van der Waals surface area contributed by atoms with Crippen LogP contribution < -0.4 is 0 Å². The Labute approximate surface area is 154 Å². The topological polar surface area (TPSA) is 93.9 Å². The van der Waals surface area contributed by atoms with Gasteiger partial charge in [0.25, 0.3) is 11.8 Å². The maximum atomic E-state index is 12.5. The molecule has 0 N–H and O–H groups in total. The van der Waals surface area contributed by atoms with Gasteiger partial charge in [-0.25, -0.2) is 4.79 Å². The largest absolute Gasteiger partial charge is 0.365 e. The predicted octanol–water partition coefficient (Wildman–Crippen LogP) is 2.39. The van der Waals surface area contributed by atoms with Crippen LogP contribution in [-0.2, 0) is 10.3 Å². The van der Waals surface area contributed by atoms with Crippen molar-refractivity contribution in [3.05, 3.63) is 65.1 Å². The Morgan fingerprint density at radius 2 is 1.59 bits per heavy atom. The van der Waals surface area contributed by atoms with E-state index in [1.807, 2.05) is 20.8 Å². The summed E-state index contributed by atoms with van der Waals surface area (Å²) in [5.41, 5.74) is 0.880. The second kappa shape index (κ2) is 5.73. The monoisotopic (exact) mass is 364 g/mol. The first-order valence-corrected chi connectivity index (χ1v) is 8.33. The van der Waals surface area contributed by atoms with Crippen molar-refractivity contribution in [3.8, 4) is 0 Å². The number of carbonyl (C=O) groups excluding carboxylic acids is 3. The predicted molar refractivity (Wildman–Crippen MR) is 94.0 cm³/mol. The Hall–Kier alpha value is -3.55. The fraction of sp³-hybridized carbons (Fsp3) is 0.211. The van der Waals surface area contributed by atoms with Crippen LogP contribution in [0.4, 0.5) is 0 Å². The van der Waals surface area contributed by atoms with Gasteiger partial charge in [-0.3, -0.25) is 14.0 Å². The summed E-state index contributed by atoms with van der Waals surface area (Å²) >= 11 is 0. The molecular formula is C19H16N4O4. The zero-order chi connectivity index (χ0) is 19.3. The summed E-state index contributed by atoms with van der Waals surface area (Å²) < 4.78 is 1.69. The highest BCUT2D eigenvalue weighted by Crippen LogP contribution is 2.24. The van der Waals surface area contributed by atoms with E-state index in [1.165, 1.54) is 24.4 Å². The van der Waals surface area contributed by atoms with Crippen LogP contribution in [-0.4, -0.2) is 37.4 Å². The number of pyridine rings is 1. The van der Waals surface area contributed by atoms with E-state index in [-0.39, 0.29) is 22.1 Å². The maximum Gasteiger partial charge on any atom is 0.365 e. The highest BCUT2D eigenvalue weighted by atomic mass is 16.7. The molecule has 2 aromatic heterocycles. The van der Waals surface area contributed by atoms with E-state index in [1.54, 1.807) is 22.6 Å². The summed E-state index contributed by atoms with van der Waals surface area (Å²) in [6, 6.07) is 9.45. The fourth-order valence-electron chi connectivity index (χ4n) is 2.91. The summed E-state index contributed by atoms with van der Waals surface area (Å²) in [7, 11) is 0. The van der Waals surface area contributed by atoms with Crippen LogP contribution in [0.15, 0.2) is 42.6 Å². The Bertz CT molecular complexity index is 1080. The molecule has 0 aliphatic carbocycles. The number of nitrogens with zero attached hydrogens (tertiary/aromatic N) is 4. The minimum atomic E-state index is -0.819. The zero-order valence-corrected chi connectivity index (χ0v) is 15.0. The van der Waals surface area contributed by atoms with Gasteiger partial charge in [0.15, 0.2) is 5.65 Å². The first-order chi connectivity index (χ1) is 12.8. The second-order valence-corrected chi connectivity index (χ2v) is 7.25. The van der Waals surface area contributed by atoms with Gasteiger partial charge < -0.3 is 4.84 Å². The maximum absolute atomic E-state index is 12.5. The first-order valence-electron chi connectivity index (χ1n) is 8.33. The molecule has 0 saturated carbocycles. The number of amides is 2. The summed E-state index contributed by atoms with van der Waals surface area (Å²) in [4.78, 5) is 42.3. The molecule has 0 saturated heterocycles. The van der Waals surface area contributed by atoms with E-state index in [9.17, 15) is 14.4 Å². The van der Waals surface area contributed by atoms with Crippen LogP contribution in [0.1, 0.15) is 57.7 Å². The number of imide groups is 1. The lowest BCUT2D eigenvalue weighted by Crippen LogP contribution is -2.32. The molecule has 2 amide bonds. The van der Waals surface area contributed by atoms with Crippen molar-refractivity contribution in [2.75, 3.05) is 0 Å². The van der Waals surface area contributed by atoms with Gasteiger partial charge in [0.2, 0.25) is 0 Å². The van der Waals surface area contributed by atoms with Gasteiger partial charge in [-0.1, -0.05) is 38.0 Å². The van der Waals surface area contributed by atoms with Crippen molar-refractivity contribution < 1.29 is 19.2 Å². The molecule has 0 bridgehead atoms. The van der Waals surface area contributed by atoms with E-state index in [0.29, 0.717) is 16.5 Å². The fourth-order valence-corrected chi connectivity index (χ4v) is 2.91. The Kier molecular flexibility index (Phi) is 3.59. The molecule has 8 nitrogen and oxygen atoms in total. The molecule has 136 valence electrons. The molecule has 1 aromatic carbocycles. The van der Waals surface area contributed by atoms with Gasteiger partial charge in [-0.05, 0) is 24.3 Å². The molecule has 0 atom stereocenters.